The first-order valence-corrected chi connectivity index (χ1v) is 11.8. The number of carbonyl (C=O) groups is 1. The summed E-state index contributed by atoms with van der Waals surface area (Å²) in [5.74, 6) is 0.0195. The van der Waals surface area contributed by atoms with Gasteiger partial charge in [0.25, 0.3) is 5.56 Å². The largest absolute Gasteiger partial charge is 0.354 e. The summed E-state index contributed by atoms with van der Waals surface area (Å²) in [7, 11) is 0. The van der Waals surface area contributed by atoms with E-state index in [1.54, 1.807) is 30.0 Å². The van der Waals surface area contributed by atoms with Crippen LogP contribution in [0.5, 0.6) is 0 Å². The predicted molar refractivity (Wildman–Crippen MR) is 125 cm³/mol. The first kappa shape index (κ1) is 22.1. The molecule has 6 nitrogen and oxygen atoms in total. The average molecular weight is 453 g/mol. The van der Waals surface area contributed by atoms with Gasteiger partial charge in [0.2, 0.25) is 5.91 Å². The highest BCUT2D eigenvalue weighted by atomic mass is 32.2. The van der Waals surface area contributed by atoms with E-state index in [1.807, 2.05) is 35.4 Å². The molecule has 0 bridgehead atoms. The molecular formula is C24H25FN4O2S. The van der Waals surface area contributed by atoms with Gasteiger partial charge in [0.1, 0.15) is 11.6 Å². The Morgan fingerprint density at radius 1 is 1.19 bits per heavy atom. The van der Waals surface area contributed by atoms with Crippen LogP contribution in [0.25, 0.3) is 5.69 Å². The van der Waals surface area contributed by atoms with Crippen LogP contribution in [0.3, 0.4) is 0 Å². The molecule has 1 fully saturated rings. The third kappa shape index (κ3) is 5.19. The van der Waals surface area contributed by atoms with Crippen molar-refractivity contribution in [1.29, 1.82) is 0 Å². The standard InChI is InChI=1S/C24H25FN4O2S/c1-32-21-9-7-17(8-10-21)15-26-24(31)18-4-3-13-28(16-18)22-11-12-23(30)29(27-22)20-6-2-5-19(25)14-20/h2,5-12,14,18H,3-4,13,15-16H2,1H3,(H,26,31)/t18-/m0/s1. The van der Waals surface area contributed by atoms with Crippen molar-refractivity contribution in [1.82, 2.24) is 15.1 Å². The summed E-state index contributed by atoms with van der Waals surface area (Å²) in [6.07, 6.45) is 3.68. The number of anilines is 1. The maximum atomic E-state index is 13.6. The van der Waals surface area contributed by atoms with Gasteiger partial charge >= 0.3 is 0 Å². The number of aromatic nitrogens is 2. The summed E-state index contributed by atoms with van der Waals surface area (Å²) in [6.45, 7) is 1.76. The van der Waals surface area contributed by atoms with Crippen LogP contribution in [0.2, 0.25) is 0 Å². The van der Waals surface area contributed by atoms with Crippen molar-refractivity contribution in [3.8, 4) is 5.69 Å². The molecule has 2 heterocycles. The highest BCUT2D eigenvalue weighted by Crippen LogP contribution is 2.22. The molecule has 1 aromatic heterocycles. The van der Waals surface area contributed by atoms with Gasteiger partial charge in [-0.15, -0.1) is 16.9 Å². The Kier molecular flexibility index (Phi) is 6.90. The number of nitrogens with one attached hydrogen (secondary N) is 1. The molecule has 0 spiro atoms. The molecule has 0 radical (unpaired) electrons. The van der Waals surface area contributed by atoms with Gasteiger partial charge in [-0.1, -0.05) is 18.2 Å². The van der Waals surface area contributed by atoms with E-state index in [4.69, 9.17) is 0 Å². The van der Waals surface area contributed by atoms with Crippen LogP contribution < -0.4 is 15.8 Å². The number of amides is 1. The summed E-state index contributed by atoms with van der Waals surface area (Å²) >= 11 is 1.69. The first-order valence-electron chi connectivity index (χ1n) is 10.6. The number of thioether (sulfide) groups is 1. The van der Waals surface area contributed by atoms with Crippen LogP contribution in [-0.4, -0.2) is 35.0 Å². The van der Waals surface area contributed by atoms with E-state index in [-0.39, 0.29) is 17.4 Å². The summed E-state index contributed by atoms with van der Waals surface area (Å²) in [4.78, 5) is 28.3. The zero-order valence-electron chi connectivity index (χ0n) is 17.8. The second-order valence-electron chi connectivity index (χ2n) is 7.77. The Morgan fingerprint density at radius 2 is 2.00 bits per heavy atom. The van der Waals surface area contributed by atoms with E-state index in [2.05, 4.69) is 10.4 Å². The summed E-state index contributed by atoms with van der Waals surface area (Å²) in [5.41, 5.74) is 1.10. The van der Waals surface area contributed by atoms with Gasteiger partial charge in [-0.2, -0.15) is 4.68 Å². The number of halogens is 1. The van der Waals surface area contributed by atoms with Crippen molar-refractivity contribution in [2.45, 2.75) is 24.3 Å². The summed E-state index contributed by atoms with van der Waals surface area (Å²) < 4.78 is 14.8. The average Bonchev–Trinajstić information content (AvgIpc) is 2.83. The number of rotatable bonds is 6. The SMILES string of the molecule is CSc1ccc(CNC(=O)[C@H]2CCCN(c3ccc(=O)n(-c4cccc(F)c4)n3)C2)cc1. The van der Waals surface area contributed by atoms with Crippen molar-refractivity contribution in [3.05, 3.63) is 82.4 Å². The number of nitrogens with zero attached hydrogens (tertiary/aromatic N) is 3. The molecule has 0 saturated carbocycles. The van der Waals surface area contributed by atoms with Crippen LogP contribution in [-0.2, 0) is 11.3 Å². The minimum Gasteiger partial charge on any atom is -0.354 e. The zero-order valence-corrected chi connectivity index (χ0v) is 18.6. The number of hydrogen-bond acceptors (Lipinski definition) is 5. The van der Waals surface area contributed by atoms with E-state index < -0.39 is 5.82 Å². The fraction of sp³-hybridized carbons (Fsp3) is 0.292. The highest BCUT2D eigenvalue weighted by molar-refractivity contribution is 7.98. The predicted octanol–water partition coefficient (Wildman–Crippen LogP) is 3.63. The number of hydrogen-bond donors (Lipinski definition) is 1. The number of carbonyl (C=O) groups excluding carboxylic acids is 1. The molecule has 8 heteroatoms. The molecule has 1 atom stereocenters. The Balaban J connectivity index is 1.43. The van der Waals surface area contributed by atoms with Crippen LogP contribution in [0.4, 0.5) is 10.2 Å². The Morgan fingerprint density at radius 3 is 2.75 bits per heavy atom. The maximum Gasteiger partial charge on any atom is 0.271 e. The van der Waals surface area contributed by atoms with Crippen LogP contribution in [0, 0.1) is 11.7 Å². The van der Waals surface area contributed by atoms with Gasteiger partial charge in [0.15, 0.2) is 0 Å². The maximum absolute atomic E-state index is 13.6. The molecule has 166 valence electrons. The fourth-order valence-corrected chi connectivity index (χ4v) is 4.25. The van der Waals surface area contributed by atoms with Gasteiger partial charge < -0.3 is 10.2 Å². The van der Waals surface area contributed by atoms with Crippen LogP contribution in [0.15, 0.2) is 70.4 Å². The third-order valence-corrected chi connectivity index (χ3v) is 6.32. The normalized spacial score (nSPS) is 16.1. The Bertz CT molecular complexity index is 1150. The molecule has 1 aliphatic heterocycles. The topological polar surface area (TPSA) is 67.2 Å². The minimum absolute atomic E-state index is 0.0158. The lowest BCUT2D eigenvalue weighted by molar-refractivity contribution is -0.125. The number of benzene rings is 2. The molecule has 1 aliphatic rings. The highest BCUT2D eigenvalue weighted by Gasteiger charge is 2.26. The molecule has 4 rings (SSSR count). The Labute approximate surface area is 190 Å². The molecule has 32 heavy (non-hydrogen) atoms. The van der Waals surface area contributed by atoms with Crippen LogP contribution >= 0.6 is 11.8 Å². The smallest absolute Gasteiger partial charge is 0.271 e. The molecule has 0 aliphatic carbocycles. The van der Waals surface area contributed by atoms with E-state index in [9.17, 15) is 14.0 Å². The van der Waals surface area contributed by atoms with E-state index in [0.29, 0.717) is 24.6 Å². The molecule has 3 aromatic rings. The van der Waals surface area contributed by atoms with Crippen molar-refractivity contribution < 1.29 is 9.18 Å². The molecular weight excluding hydrogens is 427 g/mol. The second kappa shape index (κ2) is 9.99. The van der Waals surface area contributed by atoms with Crippen molar-refractivity contribution in [2.24, 2.45) is 5.92 Å². The molecule has 1 N–H and O–H groups in total. The molecule has 2 aromatic carbocycles. The lowest BCUT2D eigenvalue weighted by atomic mass is 9.97. The van der Waals surface area contributed by atoms with Gasteiger partial charge in [-0.05, 0) is 61.1 Å². The van der Waals surface area contributed by atoms with Gasteiger partial charge in [0.05, 0.1) is 11.6 Å². The molecule has 1 saturated heterocycles. The molecule has 0 unspecified atom stereocenters. The van der Waals surface area contributed by atoms with Gasteiger partial charge in [0, 0.05) is 30.6 Å². The quantitative estimate of drug-likeness (QED) is 0.579. The van der Waals surface area contributed by atoms with Gasteiger partial charge in [-0.3, -0.25) is 9.59 Å². The zero-order chi connectivity index (χ0) is 22.5. The van der Waals surface area contributed by atoms with E-state index in [0.717, 1.165) is 24.9 Å². The second-order valence-corrected chi connectivity index (χ2v) is 8.65. The van der Waals surface area contributed by atoms with E-state index in [1.165, 1.54) is 27.8 Å². The summed E-state index contributed by atoms with van der Waals surface area (Å²) in [6, 6.07) is 17.0. The van der Waals surface area contributed by atoms with Gasteiger partial charge in [-0.25, -0.2) is 4.39 Å². The van der Waals surface area contributed by atoms with Crippen molar-refractivity contribution in [2.75, 3.05) is 24.2 Å². The molecule has 1 amide bonds. The van der Waals surface area contributed by atoms with Crippen molar-refractivity contribution >= 4 is 23.5 Å². The number of piperidine rings is 1. The summed E-state index contributed by atoms with van der Waals surface area (Å²) in [5, 5.41) is 7.48. The fourth-order valence-electron chi connectivity index (χ4n) is 3.84. The lowest BCUT2D eigenvalue weighted by Gasteiger charge is -2.33. The van der Waals surface area contributed by atoms with E-state index >= 15 is 0 Å². The van der Waals surface area contributed by atoms with Crippen molar-refractivity contribution in [3.63, 3.8) is 0 Å². The Hall–Kier alpha value is -3.13. The lowest BCUT2D eigenvalue weighted by Crippen LogP contribution is -2.43. The minimum atomic E-state index is -0.431. The third-order valence-electron chi connectivity index (χ3n) is 5.58. The first-order chi connectivity index (χ1) is 15.5. The monoisotopic (exact) mass is 452 g/mol. The van der Waals surface area contributed by atoms with Crippen LogP contribution in [0.1, 0.15) is 18.4 Å².